The number of carbonyl (C=O) groups is 1. The second-order valence-electron chi connectivity index (χ2n) is 5.10. The third-order valence-corrected chi connectivity index (χ3v) is 3.07. The number of H-pyrrole nitrogens is 1. The fraction of sp³-hybridized carbons (Fsp3) is 0.429. The van der Waals surface area contributed by atoms with Crippen molar-refractivity contribution in [2.75, 3.05) is 20.6 Å². The lowest BCUT2D eigenvalue weighted by Crippen LogP contribution is -2.34. The van der Waals surface area contributed by atoms with Gasteiger partial charge in [-0.2, -0.15) is 0 Å². The Morgan fingerprint density at radius 1 is 1.47 bits per heavy atom. The number of nitrogens with one attached hydrogen (secondary N) is 2. The van der Waals surface area contributed by atoms with E-state index in [-0.39, 0.29) is 11.9 Å². The summed E-state index contributed by atoms with van der Waals surface area (Å²) in [6.45, 7) is 2.98. The van der Waals surface area contributed by atoms with Crippen molar-refractivity contribution in [3.63, 3.8) is 0 Å². The lowest BCUT2D eigenvalue weighted by molar-refractivity contribution is 0.0937. The fourth-order valence-corrected chi connectivity index (χ4v) is 1.91. The Morgan fingerprint density at radius 3 is 3.00 bits per heavy atom. The maximum Gasteiger partial charge on any atom is 0.251 e. The van der Waals surface area contributed by atoms with Gasteiger partial charge < -0.3 is 15.2 Å². The zero-order chi connectivity index (χ0) is 13.8. The van der Waals surface area contributed by atoms with Crippen LogP contribution >= 0.6 is 0 Å². The van der Waals surface area contributed by atoms with Crippen LogP contribution in [0.2, 0.25) is 0 Å². The van der Waals surface area contributed by atoms with E-state index in [0.717, 1.165) is 24.0 Å². The lowest BCUT2D eigenvalue weighted by Gasteiger charge is -2.16. The Morgan fingerprint density at radius 2 is 2.26 bits per heavy atom. The van der Waals surface area contributed by atoms with Crippen molar-refractivity contribution in [2.45, 2.75) is 19.4 Å². The Balaban J connectivity index is 1.98. The zero-order valence-corrected chi connectivity index (χ0v) is 11.6. The van der Waals surface area contributed by atoms with Crippen molar-refractivity contribution < 1.29 is 4.79 Å². The second-order valence-corrected chi connectivity index (χ2v) is 5.10. The summed E-state index contributed by atoms with van der Waals surface area (Å²) < 4.78 is 0. The van der Waals surface area contributed by atoms with Gasteiger partial charge in [0.15, 0.2) is 0 Å². The lowest BCUT2D eigenvalue weighted by atomic mass is 10.1. The summed E-state index contributed by atoms with van der Waals surface area (Å²) in [6, 6.07) is 5.64. The van der Waals surface area contributed by atoms with Gasteiger partial charge in [-0.3, -0.25) is 4.79 Å². The molecule has 1 heterocycles. The van der Waals surface area contributed by atoms with Gasteiger partial charge in [-0.15, -0.1) is 0 Å². The maximum absolute atomic E-state index is 12.1. The Hall–Kier alpha value is -1.88. The molecule has 2 N–H and O–H groups in total. The molecule has 2 aromatic rings. The maximum atomic E-state index is 12.1. The topological polar surface area (TPSA) is 61.0 Å². The molecule has 1 unspecified atom stereocenters. The summed E-state index contributed by atoms with van der Waals surface area (Å²) in [5.41, 5.74) is 2.42. The molecule has 2 rings (SSSR count). The molecular formula is C14H20N4O. The van der Waals surface area contributed by atoms with Crippen molar-refractivity contribution in [1.29, 1.82) is 0 Å². The van der Waals surface area contributed by atoms with E-state index in [1.54, 1.807) is 12.4 Å². The average Bonchev–Trinajstić information content (AvgIpc) is 2.83. The van der Waals surface area contributed by atoms with E-state index in [1.165, 1.54) is 0 Å². The largest absolute Gasteiger partial charge is 0.350 e. The van der Waals surface area contributed by atoms with Gasteiger partial charge in [0.05, 0.1) is 17.4 Å². The molecule has 0 aliphatic rings. The van der Waals surface area contributed by atoms with Gasteiger partial charge >= 0.3 is 0 Å². The first-order chi connectivity index (χ1) is 9.06. The third-order valence-electron chi connectivity index (χ3n) is 3.07. The van der Waals surface area contributed by atoms with Crippen LogP contribution in [0, 0.1) is 0 Å². The van der Waals surface area contributed by atoms with E-state index < -0.39 is 0 Å². The van der Waals surface area contributed by atoms with E-state index >= 15 is 0 Å². The SMILES string of the molecule is CC(CCN(C)C)NC(=O)c1ccc2nc[nH]c2c1. The molecule has 0 spiro atoms. The molecular weight excluding hydrogens is 240 g/mol. The molecule has 1 aromatic carbocycles. The molecule has 1 amide bonds. The van der Waals surface area contributed by atoms with Crippen LogP contribution < -0.4 is 5.32 Å². The predicted octanol–water partition coefficient (Wildman–Crippen LogP) is 1.63. The van der Waals surface area contributed by atoms with E-state index in [1.807, 2.05) is 33.2 Å². The van der Waals surface area contributed by atoms with Crippen LogP contribution in [0.1, 0.15) is 23.7 Å². The minimum atomic E-state index is -0.0391. The summed E-state index contributed by atoms with van der Waals surface area (Å²) in [5, 5.41) is 3.01. The van der Waals surface area contributed by atoms with Gasteiger partial charge in [-0.05, 0) is 52.2 Å². The quantitative estimate of drug-likeness (QED) is 0.859. The highest BCUT2D eigenvalue weighted by Gasteiger charge is 2.10. The van der Waals surface area contributed by atoms with Gasteiger partial charge in [-0.1, -0.05) is 0 Å². The number of carbonyl (C=O) groups excluding carboxylic acids is 1. The smallest absolute Gasteiger partial charge is 0.251 e. The highest BCUT2D eigenvalue weighted by molar-refractivity contribution is 5.97. The van der Waals surface area contributed by atoms with Gasteiger partial charge in [0.25, 0.3) is 5.91 Å². The summed E-state index contributed by atoms with van der Waals surface area (Å²) >= 11 is 0. The van der Waals surface area contributed by atoms with Crippen molar-refractivity contribution >= 4 is 16.9 Å². The molecule has 0 bridgehead atoms. The van der Waals surface area contributed by atoms with Gasteiger partial charge in [0, 0.05) is 11.6 Å². The Kier molecular flexibility index (Phi) is 4.16. The van der Waals surface area contributed by atoms with Crippen LogP contribution in [0.5, 0.6) is 0 Å². The molecule has 5 nitrogen and oxygen atoms in total. The second kappa shape index (κ2) is 5.84. The molecule has 19 heavy (non-hydrogen) atoms. The zero-order valence-electron chi connectivity index (χ0n) is 11.6. The Bertz CT molecular complexity index is 561. The van der Waals surface area contributed by atoms with Crippen LogP contribution in [0.15, 0.2) is 24.5 Å². The number of hydrogen-bond donors (Lipinski definition) is 2. The minimum Gasteiger partial charge on any atom is -0.350 e. The standard InChI is InChI=1S/C14H20N4O/c1-10(6-7-18(2)3)17-14(19)11-4-5-12-13(8-11)16-9-15-12/h4-5,8-10H,6-7H2,1-3H3,(H,15,16)(H,17,19). The van der Waals surface area contributed by atoms with E-state index in [4.69, 9.17) is 0 Å². The number of rotatable bonds is 5. The number of hydrogen-bond acceptors (Lipinski definition) is 3. The van der Waals surface area contributed by atoms with Crippen molar-refractivity contribution in [3.05, 3.63) is 30.1 Å². The summed E-state index contributed by atoms with van der Waals surface area (Å²) in [4.78, 5) is 21.4. The van der Waals surface area contributed by atoms with Crippen LogP contribution in [-0.2, 0) is 0 Å². The molecule has 0 aliphatic carbocycles. The van der Waals surface area contributed by atoms with Crippen molar-refractivity contribution in [1.82, 2.24) is 20.2 Å². The summed E-state index contributed by atoms with van der Waals surface area (Å²) in [7, 11) is 4.06. The van der Waals surface area contributed by atoms with Gasteiger partial charge in [0.2, 0.25) is 0 Å². The molecule has 0 radical (unpaired) electrons. The minimum absolute atomic E-state index is 0.0391. The normalized spacial score (nSPS) is 12.8. The number of amides is 1. The molecule has 1 aromatic heterocycles. The van der Waals surface area contributed by atoms with Gasteiger partial charge in [0.1, 0.15) is 0 Å². The summed E-state index contributed by atoms with van der Waals surface area (Å²) in [5.74, 6) is -0.0391. The molecule has 1 atom stereocenters. The first-order valence-electron chi connectivity index (χ1n) is 6.45. The molecule has 102 valence electrons. The molecule has 5 heteroatoms. The highest BCUT2D eigenvalue weighted by atomic mass is 16.1. The monoisotopic (exact) mass is 260 g/mol. The van der Waals surface area contributed by atoms with Crippen LogP contribution in [0.3, 0.4) is 0 Å². The number of nitrogens with zero attached hydrogens (tertiary/aromatic N) is 2. The molecule has 0 fully saturated rings. The van der Waals surface area contributed by atoms with E-state index in [0.29, 0.717) is 5.56 Å². The number of aromatic amines is 1. The van der Waals surface area contributed by atoms with E-state index in [9.17, 15) is 4.79 Å². The number of fused-ring (bicyclic) bond motifs is 1. The predicted molar refractivity (Wildman–Crippen MR) is 76.2 cm³/mol. The highest BCUT2D eigenvalue weighted by Crippen LogP contribution is 2.11. The molecule has 0 saturated carbocycles. The van der Waals surface area contributed by atoms with Crippen LogP contribution in [-0.4, -0.2) is 47.5 Å². The third kappa shape index (κ3) is 3.54. The number of aromatic nitrogens is 2. The molecule has 0 saturated heterocycles. The van der Waals surface area contributed by atoms with Crippen molar-refractivity contribution in [2.24, 2.45) is 0 Å². The summed E-state index contributed by atoms with van der Waals surface area (Å²) in [6.07, 6.45) is 2.57. The average molecular weight is 260 g/mol. The number of benzene rings is 1. The first kappa shape index (κ1) is 13.5. The fourth-order valence-electron chi connectivity index (χ4n) is 1.91. The Labute approximate surface area is 113 Å². The van der Waals surface area contributed by atoms with Gasteiger partial charge in [-0.25, -0.2) is 4.98 Å². The van der Waals surface area contributed by atoms with E-state index in [2.05, 4.69) is 20.2 Å². The van der Waals surface area contributed by atoms with Crippen LogP contribution in [0.25, 0.3) is 11.0 Å². The van der Waals surface area contributed by atoms with Crippen LogP contribution in [0.4, 0.5) is 0 Å². The molecule has 0 aliphatic heterocycles. The first-order valence-corrected chi connectivity index (χ1v) is 6.45. The van der Waals surface area contributed by atoms with Crippen molar-refractivity contribution in [3.8, 4) is 0 Å². The number of imidazole rings is 1.